The van der Waals surface area contributed by atoms with E-state index in [4.69, 9.17) is 0 Å². The van der Waals surface area contributed by atoms with Gasteiger partial charge >= 0.3 is 0 Å². The minimum atomic E-state index is -4.41. The van der Waals surface area contributed by atoms with Gasteiger partial charge in [0.1, 0.15) is 0 Å². The number of Topliss-reactive ketones (excluding diaryl/α,β-unsaturated/α-hetero) is 2. The van der Waals surface area contributed by atoms with Crippen molar-refractivity contribution in [3.05, 3.63) is 35.4 Å². The van der Waals surface area contributed by atoms with Crippen molar-refractivity contribution in [3.8, 4) is 0 Å². The highest BCUT2D eigenvalue weighted by Crippen LogP contribution is 2.11. The van der Waals surface area contributed by atoms with Crippen molar-refractivity contribution in [2.75, 3.05) is 62.5 Å². The molecule has 1 rings (SSSR count). The lowest BCUT2D eigenvalue weighted by Crippen LogP contribution is -2.36. The number of ketones is 2. The van der Waals surface area contributed by atoms with Gasteiger partial charge in [-0.25, -0.2) is 8.42 Å². The zero-order valence-electron chi connectivity index (χ0n) is 17.9. The maximum Gasteiger partial charge on any atom is 0.217 e. The predicted octanol–water partition coefficient (Wildman–Crippen LogP) is 1.34. The maximum atomic E-state index is 12.1. The third-order valence-corrected chi connectivity index (χ3v) is 4.16. The maximum absolute atomic E-state index is 12.1. The molecule has 0 atom stereocenters. The first kappa shape index (κ1) is 26.4. The summed E-state index contributed by atoms with van der Waals surface area (Å²) < 4.78 is 32.6. The molecule has 0 fully saturated rings. The van der Waals surface area contributed by atoms with Crippen LogP contribution in [0.1, 0.15) is 33.6 Å². The SMILES string of the molecule is COS(=O)(=O)[O-].C[N+](C)(C)CCC(=O)c1ccc(C(=O)CC[N+](C)(C)C)cc1. The molecule has 0 N–H and O–H groups in total. The number of hydrogen-bond acceptors (Lipinski definition) is 6. The van der Waals surface area contributed by atoms with Crippen LogP contribution in [0.3, 0.4) is 0 Å². The fraction of sp³-hybridized carbons (Fsp3) is 0.579. The van der Waals surface area contributed by atoms with E-state index in [1.807, 2.05) is 0 Å². The third kappa shape index (κ3) is 13.5. The molecule has 1 aromatic rings. The predicted molar refractivity (Wildman–Crippen MR) is 107 cm³/mol. The van der Waals surface area contributed by atoms with Crippen molar-refractivity contribution in [2.24, 2.45) is 0 Å². The number of hydrogen-bond donors (Lipinski definition) is 0. The Morgan fingerprint density at radius 2 is 1.07 bits per heavy atom. The summed E-state index contributed by atoms with van der Waals surface area (Å²) in [5.74, 6) is 0.275. The molecule has 9 heteroatoms. The summed E-state index contributed by atoms with van der Waals surface area (Å²) in [7, 11) is 8.83. The molecule has 0 aliphatic heterocycles. The molecule has 0 aromatic heterocycles. The minimum absolute atomic E-state index is 0.137. The van der Waals surface area contributed by atoms with E-state index in [-0.39, 0.29) is 11.6 Å². The lowest BCUT2D eigenvalue weighted by atomic mass is 10.0. The first-order valence-corrected chi connectivity index (χ1v) is 10.2. The van der Waals surface area contributed by atoms with Crippen molar-refractivity contribution >= 4 is 22.0 Å². The lowest BCUT2D eigenvalue weighted by Gasteiger charge is -2.23. The average Bonchev–Trinajstić information content (AvgIpc) is 2.56. The molecule has 28 heavy (non-hydrogen) atoms. The molecular weight excluding hydrogens is 384 g/mol. The zero-order valence-corrected chi connectivity index (χ0v) is 18.7. The summed E-state index contributed by atoms with van der Waals surface area (Å²) in [6.45, 7) is 1.62. The summed E-state index contributed by atoms with van der Waals surface area (Å²) >= 11 is 0. The zero-order chi connectivity index (χ0) is 22.2. The van der Waals surface area contributed by atoms with Crippen molar-refractivity contribution in [1.29, 1.82) is 0 Å². The van der Waals surface area contributed by atoms with Crippen LogP contribution in [0.25, 0.3) is 0 Å². The second-order valence-corrected chi connectivity index (χ2v) is 9.68. The minimum Gasteiger partial charge on any atom is -0.726 e. The van der Waals surface area contributed by atoms with Crippen LogP contribution in [-0.4, -0.2) is 96.0 Å². The Balaban J connectivity index is 0.00000105. The van der Waals surface area contributed by atoms with Gasteiger partial charge in [-0.1, -0.05) is 24.3 Å². The van der Waals surface area contributed by atoms with Gasteiger partial charge in [0.15, 0.2) is 11.6 Å². The van der Waals surface area contributed by atoms with Crippen LogP contribution >= 0.6 is 0 Å². The Morgan fingerprint density at radius 3 is 1.25 bits per heavy atom. The number of carbonyl (C=O) groups excluding carboxylic acids is 2. The summed E-state index contributed by atoms with van der Waals surface area (Å²) in [5.41, 5.74) is 1.38. The van der Waals surface area contributed by atoms with Gasteiger partial charge in [0.25, 0.3) is 0 Å². The molecule has 0 heterocycles. The standard InChI is InChI=1S/C18H30N2O2.CH4O4S/c1-19(2,3)13-11-17(21)15-7-9-16(10-8-15)18(22)12-14-20(4,5)6;1-5-6(2,3)4/h7-10H,11-14H2,1-6H3;1H3,(H,2,3,4)/q+2;/p-1. The molecular formula is C19H33N2O6S+. The van der Waals surface area contributed by atoms with E-state index in [1.165, 1.54) is 0 Å². The summed E-state index contributed by atoms with van der Waals surface area (Å²) in [4.78, 5) is 24.3. The molecule has 0 radical (unpaired) electrons. The third-order valence-electron chi connectivity index (χ3n) is 3.75. The van der Waals surface area contributed by atoms with Crippen LogP contribution in [0.15, 0.2) is 24.3 Å². The van der Waals surface area contributed by atoms with Gasteiger partial charge in [-0.2, -0.15) is 0 Å². The molecule has 0 aliphatic carbocycles. The molecule has 0 amide bonds. The Kier molecular flexibility index (Phi) is 10.1. The molecule has 0 bridgehead atoms. The largest absolute Gasteiger partial charge is 0.726 e. The van der Waals surface area contributed by atoms with Gasteiger partial charge in [0, 0.05) is 11.1 Å². The van der Waals surface area contributed by atoms with Gasteiger partial charge in [-0.3, -0.25) is 13.8 Å². The van der Waals surface area contributed by atoms with Gasteiger partial charge < -0.3 is 13.5 Å². The van der Waals surface area contributed by atoms with Gasteiger partial charge in [-0.05, 0) is 0 Å². The molecule has 0 unspecified atom stereocenters. The highest BCUT2D eigenvalue weighted by molar-refractivity contribution is 7.80. The molecule has 0 saturated carbocycles. The van der Waals surface area contributed by atoms with E-state index in [2.05, 4.69) is 46.5 Å². The molecule has 8 nitrogen and oxygen atoms in total. The lowest BCUT2D eigenvalue weighted by molar-refractivity contribution is -0.869. The monoisotopic (exact) mass is 417 g/mol. The highest BCUT2D eigenvalue weighted by Gasteiger charge is 2.15. The number of rotatable bonds is 9. The van der Waals surface area contributed by atoms with Crippen LogP contribution in [0.4, 0.5) is 0 Å². The molecule has 0 saturated heterocycles. The molecule has 0 aliphatic rings. The Morgan fingerprint density at radius 1 is 0.821 bits per heavy atom. The smallest absolute Gasteiger partial charge is 0.217 e. The summed E-state index contributed by atoms with van der Waals surface area (Å²) in [6, 6.07) is 7.10. The normalized spacial score (nSPS) is 12.1. The second kappa shape index (κ2) is 10.8. The summed E-state index contributed by atoms with van der Waals surface area (Å²) in [5, 5.41) is 0. The van der Waals surface area contributed by atoms with E-state index >= 15 is 0 Å². The molecule has 160 valence electrons. The Labute approximate surface area is 168 Å². The van der Waals surface area contributed by atoms with Gasteiger partial charge in [-0.15, -0.1) is 0 Å². The van der Waals surface area contributed by atoms with Gasteiger partial charge in [0.2, 0.25) is 10.4 Å². The van der Waals surface area contributed by atoms with Crippen LogP contribution in [0.2, 0.25) is 0 Å². The first-order valence-electron chi connectivity index (χ1n) is 8.83. The Bertz CT molecular complexity index is 695. The van der Waals surface area contributed by atoms with Crippen LogP contribution in [0.5, 0.6) is 0 Å². The average molecular weight is 418 g/mol. The van der Waals surface area contributed by atoms with E-state index in [0.29, 0.717) is 24.0 Å². The molecule has 0 spiro atoms. The fourth-order valence-corrected chi connectivity index (χ4v) is 2.00. The fourth-order valence-electron chi connectivity index (χ4n) is 2.00. The van der Waals surface area contributed by atoms with E-state index in [0.717, 1.165) is 29.2 Å². The quantitative estimate of drug-likeness (QED) is 0.260. The van der Waals surface area contributed by atoms with E-state index in [1.54, 1.807) is 24.3 Å². The first-order chi connectivity index (χ1) is 12.5. The van der Waals surface area contributed by atoms with Crippen molar-refractivity contribution in [1.82, 2.24) is 0 Å². The van der Waals surface area contributed by atoms with Crippen molar-refractivity contribution in [2.45, 2.75) is 12.8 Å². The second-order valence-electron chi connectivity index (χ2n) is 8.53. The number of carbonyl (C=O) groups is 2. The highest BCUT2D eigenvalue weighted by atomic mass is 32.3. The number of benzene rings is 1. The topological polar surface area (TPSA) is 101 Å². The van der Waals surface area contributed by atoms with Crippen LogP contribution < -0.4 is 0 Å². The molecule has 1 aromatic carbocycles. The van der Waals surface area contributed by atoms with E-state index in [9.17, 15) is 22.6 Å². The van der Waals surface area contributed by atoms with Crippen molar-refractivity contribution < 1.29 is 35.7 Å². The number of nitrogens with zero attached hydrogens (tertiary/aromatic N) is 2. The van der Waals surface area contributed by atoms with Gasteiger partial charge in [0.05, 0.1) is 75.3 Å². The van der Waals surface area contributed by atoms with Crippen LogP contribution in [-0.2, 0) is 14.6 Å². The van der Waals surface area contributed by atoms with Crippen molar-refractivity contribution in [3.63, 3.8) is 0 Å². The van der Waals surface area contributed by atoms with Crippen LogP contribution in [0, 0.1) is 0 Å². The van der Waals surface area contributed by atoms with E-state index < -0.39 is 10.4 Å². The summed E-state index contributed by atoms with van der Waals surface area (Å²) in [6.07, 6.45) is 1.05. The number of quaternary nitrogens is 2. The Hall–Kier alpha value is -1.65.